The van der Waals surface area contributed by atoms with Gasteiger partial charge in [0.05, 0.1) is 15.9 Å². The fourth-order valence-corrected chi connectivity index (χ4v) is 6.83. The molecule has 0 saturated carbocycles. The Morgan fingerprint density at radius 1 is 0.854 bits per heavy atom. The van der Waals surface area contributed by atoms with Crippen molar-refractivity contribution in [1.29, 1.82) is 0 Å². The lowest BCUT2D eigenvalue weighted by Crippen LogP contribution is -2.48. The lowest BCUT2D eigenvalue weighted by molar-refractivity contribution is 0.212. The van der Waals surface area contributed by atoms with Gasteiger partial charge in [-0.05, 0) is 67.1 Å². The summed E-state index contributed by atoms with van der Waals surface area (Å²) in [6, 6.07) is 32.5. The standard InChI is InChI=1S/C32H31ClN4O3S/c1-24(40-28-8-4-2-5-9-28)32-34-30-17-16-27(22-31(30)37(32)23-25-12-14-26(33)15-13-25)35-18-20-36(21-19-35)41(38,39)29-10-6-3-7-11-29/h2-17,22,24H,18-21,23H2,1H3. The zero-order valence-electron chi connectivity index (χ0n) is 22.7. The van der Waals surface area contributed by atoms with Gasteiger partial charge in [0.1, 0.15) is 5.75 Å². The van der Waals surface area contributed by atoms with E-state index in [0.29, 0.717) is 42.6 Å². The second-order valence-corrected chi connectivity index (χ2v) is 12.5. The Morgan fingerprint density at radius 3 is 2.20 bits per heavy atom. The number of piperazine rings is 1. The molecule has 210 valence electrons. The van der Waals surface area contributed by atoms with Crippen LogP contribution in [0.4, 0.5) is 5.69 Å². The van der Waals surface area contributed by atoms with Crippen molar-refractivity contribution in [2.45, 2.75) is 24.5 Å². The van der Waals surface area contributed by atoms with Gasteiger partial charge in [-0.3, -0.25) is 0 Å². The fourth-order valence-electron chi connectivity index (χ4n) is 5.26. The molecule has 6 rings (SSSR count). The predicted octanol–water partition coefficient (Wildman–Crippen LogP) is 6.39. The molecule has 1 aromatic heterocycles. The van der Waals surface area contributed by atoms with Crippen LogP contribution in [-0.2, 0) is 16.6 Å². The highest BCUT2D eigenvalue weighted by molar-refractivity contribution is 7.89. The van der Waals surface area contributed by atoms with Crippen LogP contribution in [0.3, 0.4) is 0 Å². The van der Waals surface area contributed by atoms with Gasteiger partial charge < -0.3 is 14.2 Å². The highest BCUT2D eigenvalue weighted by Gasteiger charge is 2.29. The molecule has 1 aliphatic heterocycles. The minimum absolute atomic E-state index is 0.285. The van der Waals surface area contributed by atoms with Crippen LogP contribution in [0.15, 0.2) is 108 Å². The molecule has 1 unspecified atom stereocenters. The number of anilines is 1. The SMILES string of the molecule is CC(Oc1ccccc1)c1nc2ccc(N3CCN(S(=O)(=O)c4ccccc4)CC3)cc2n1Cc1ccc(Cl)cc1. The third-order valence-electron chi connectivity index (χ3n) is 7.42. The Labute approximate surface area is 245 Å². The molecule has 0 N–H and O–H groups in total. The van der Waals surface area contributed by atoms with Crippen LogP contribution in [-0.4, -0.2) is 48.5 Å². The summed E-state index contributed by atoms with van der Waals surface area (Å²) in [4.78, 5) is 7.56. The summed E-state index contributed by atoms with van der Waals surface area (Å²) >= 11 is 6.15. The Balaban J connectivity index is 1.29. The first-order valence-corrected chi connectivity index (χ1v) is 15.5. The Morgan fingerprint density at radius 2 is 1.51 bits per heavy atom. The van der Waals surface area contributed by atoms with Crippen molar-refractivity contribution in [3.05, 3.63) is 120 Å². The molecule has 0 radical (unpaired) electrons. The van der Waals surface area contributed by atoms with Gasteiger partial charge in [-0.15, -0.1) is 0 Å². The van der Waals surface area contributed by atoms with E-state index < -0.39 is 10.0 Å². The zero-order valence-corrected chi connectivity index (χ0v) is 24.3. The van der Waals surface area contributed by atoms with Gasteiger partial charge in [-0.25, -0.2) is 13.4 Å². The van der Waals surface area contributed by atoms with Crippen molar-refractivity contribution in [2.24, 2.45) is 0 Å². The van der Waals surface area contributed by atoms with Gasteiger partial charge in [-0.1, -0.05) is 60.1 Å². The predicted molar refractivity (Wildman–Crippen MR) is 163 cm³/mol. The first-order valence-electron chi connectivity index (χ1n) is 13.6. The monoisotopic (exact) mass is 586 g/mol. The van der Waals surface area contributed by atoms with E-state index in [1.54, 1.807) is 28.6 Å². The van der Waals surface area contributed by atoms with Crippen LogP contribution in [0.5, 0.6) is 5.75 Å². The Kier molecular flexibility index (Phi) is 7.71. The number of benzene rings is 4. The second kappa shape index (κ2) is 11.6. The minimum Gasteiger partial charge on any atom is -0.483 e. The normalized spacial score (nSPS) is 15.2. The molecule has 0 bridgehead atoms. The number of aromatic nitrogens is 2. The molecule has 0 spiro atoms. The van der Waals surface area contributed by atoms with E-state index in [1.807, 2.05) is 73.7 Å². The van der Waals surface area contributed by atoms with Gasteiger partial charge in [0, 0.05) is 43.4 Å². The average molecular weight is 587 g/mol. The molecule has 1 saturated heterocycles. The van der Waals surface area contributed by atoms with Crippen molar-refractivity contribution in [1.82, 2.24) is 13.9 Å². The van der Waals surface area contributed by atoms with Gasteiger partial charge >= 0.3 is 0 Å². The fraction of sp³-hybridized carbons (Fsp3) is 0.219. The number of ether oxygens (including phenoxy) is 1. The van der Waals surface area contributed by atoms with Crippen LogP contribution in [0, 0.1) is 0 Å². The van der Waals surface area contributed by atoms with Crippen molar-refractivity contribution in [3.63, 3.8) is 0 Å². The van der Waals surface area contributed by atoms with Crippen LogP contribution >= 0.6 is 11.6 Å². The van der Waals surface area contributed by atoms with Gasteiger partial charge in [0.25, 0.3) is 0 Å². The quantitative estimate of drug-likeness (QED) is 0.211. The molecule has 1 aliphatic rings. The minimum atomic E-state index is -3.51. The van der Waals surface area contributed by atoms with E-state index in [0.717, 1.165) is 33.9 Å². The van der Waals surface area contributed by atoms with Gasteiger partial charge in [0.2, 0.25) is 10.0 Å². The second-order valence-electron chi connectivity index (χ2n) is 10.1. The molecular formula is C32H31ClN4O3S. The van der Waals surface area contributed by atoms with E-state index >= 15 is 0 Å². The van der Waals surface area contributed by atoms with Gasteiger partial charge in [-0.2, -0.15) is 4.31 Å². The third kappa shape index (κ3) is 5.81. The highest BCUT2D eigenvalue weighted by Crippen LogP contribution is 2.30. The largest absolute Gasteiger partial charge is 0.483 e. The van der Waals surface area contributed by atoms with Crippen molar-refractivity contribution in [3.8, 4) is 5.75 Å². The van der Waals surface area contributed by atoms with Crippen LogP contribution < -0.4 is 9.64 Å². The Hall–Kier alpha value is -3.85. The molecule has 1 atom stereocenters. The molecule has 9 heteroatoms. The summed E-state index contributed by atoms with van der Waals surface area (Å²) in [6.45, 7) is 4.67. The molecule has 2 heterocycles. The number of halogens is 1. The average Bonchev–Trinajstić information content (AvgIpc) is 3.37. The smallest absolute Gasteiger partial charge is 0.243 e. The summed E-state index contributed by atoms with van der Waals surface area (Å²) in [6.07, 6.45) is -0.285. The number of fused-ring (bicyclic) bond motifs is 1. The summed E-state index contributed by atoms with van der Waals surface area (Å²) in [5.41, 5.74) is 4.02. The molecule has 4 aromatic carbocycles. The number of para-hydroxylation sites is 1. The van der Waals surface area contributed by atoms with E-state index in [4.69, 9.17) is 21.3 Å². The number of rotatable bonds is 8. The van der Waals surface area contributed by atoms with Gasteiger partial charge in [0.15, 0.2) is 11.9 Å². The molecule has 7 nitrogen and oxygen atoms in total. The van der Waals surface area contributed by atoms with E-state index in [2.05, 4.69) is 21.6 Å². The molecule has 1 fully saturated rings. The third-order valence-corrected chi connectivity index (χ3v) is 9.58. The molecule has 0 aliphatic carbocycles. The maximum absolute atomic E-state index is 13.1. The van der Waals surface area contributed by atoms with Crippen molar-refractivity contribution in [2.75, 3.05) is 31.1 Å². The van der Waals surface area contributed by atoms with Crippen LogP contribution in [0.1, 0.15) is 24.4 Å². The maximum atomic E-state index is 13.1. The lowest BCUT2D eigenvalue weighted by atomic mass is 10.2. The molecule has 0 amide bonds. The molecular weight excluding hydrogens is 556 g/mol. The van der Waals surface area contributed by atoms with E-state index in [9.17, 15) is 8.42 Å². The highest BCUT2D eigenvalue weighted by atomic mass is 35.5. The molecule has 5 aromatic rings. The Bertz CT molecular complexity index is 1740. The zero-order chi connectivity index (χ0) is 28.4. The number of nitrogens with zero attached hydrogens (tertiary/aromatic N) is 4. The topological polar surface area (TPSA) is 67.7 Å². The summed E-state index contributed by atoms with van der Waals surface area (Å²) in [5, 5.41) is 0.695. The van der Waals surface area contributed by atoms with Crippen LogP contribution in [0.25, 0.3) is 11.0 Å². The summed E-state index contributed by atoms with van der Waals surface area (Å²) in [5.74, 6) is 1.61. The summed E-state index contributed by atoms with van der Waals surface area (Å²) in [7, 11) is -3.51. The number of imidazole rings is 1. The number of sulfonamides is 1. The maximum Gasteiger partial charge on any atom is 0.243 e. The number of hydrogen-bond acceptors (Lipinski definition) is 5. The van der Waals surface area contributed by atoms with Crippen LogP contribution in [0.2, 0.25) is 5.02 Å². The van der Waals surface area contributed by atoms with E-state index in [1.165, 1.54) is 0 Å². The molecule has 41 heavy (non-hydrogen) atoms. The lowest BCUT2D eigenvalue weighted by Gasteiger charge is -2.35. The number of hydrogen-bond donors (Lipinski definition) is 0. The first kappa shape index (κ1) is 27.3. The van der Waals surface area contributed by atoms with E-state index in [-0.39, 0.29) is 6.10 Å². The van der Waals surface area contributed by atoms with Crippen molar-refractivity contribution < 1.29 is 13.2 Å². The summed E-state index contributed by atoms with van der Waals surface area (Å²) < 4.78 is 36.3. The first-order chi connectivity index (χ1) is 19.9. The van der Waals surface area contributed by atoms with Crippen molar-refractivity contribution >= 4 is 38.3 Å².